The molecular weight excluding hydrogens is 312 g/mol. The molecule has 6 nitrogen and oxygen atoms in total. The SMILES string of the molecule is O=C(O)OC1Oc2cc(Cl)c(C(=O)c3ccccc3)cc2O1. The van der Waals surface area contributed by atoms with Crippen LogP contribution in [0.1, 0.15) is 15.9 Å². The van der Waals surface area contributed by atoms with Crippen molar-refractivity contribution in [2.75, 3.05) is 0 Å². The van der Waals surface area contributed by atoms with Gasteiger partial charge < -0.3 is 19.3 Å². The van der Waals surface area contributed by atoms with Crippen molar-refractivity contribution in [3.8, 4) is 11.5 Å². The molecule has 112 valence electrons. The molecule has 0 fully saturated rings. The first-order valence-corrected chi connectivity index (χ1v) is 6.58. The van der Waals surface area contributed by atoms with E-state index in [1.54, 1.807) is 30.3 Å². The van der Waals surface area contributed by atoms with E-state index in [2.05, 4.69) is 4.74 Å². The highest BCUT2D eigenvalue weighted by atomic mass is 35.5. The molecule has 2 aromatic rings. The molecule has 3 rings (SSSR count). The van der Waals surface area contributed by atoms with E-state index in [-0.39, 0.29) is 27.9 Å². The van der Waals surface area contributed by atoms with Crippen molar-refractivity contribution in [3.63, 3.8) is 0 Å². The minimum atomic E-state index is -1.54. The first-order chi connectivity index (χ1) is 10.5. The van der Waals surface area contributed by atoms with Crippen molar-refractivity contribution in [3.05, 3.63) is 58.6 Å². The molecule has 0 aromatic heterocycles. The quantitative estimate of drug-likeness (QED) is 0.690. The van der Waals surface area contributed by atoms with Crippen molar-refractivity contribution in [1.29, 1.82) is 0 Å². The fourth-order valence-electron chi connectivity index (χ4n) is 2.00. The molecule has 0 saturated carbocycles. The van der Waals surface area contributed by atoms with Gasteiger partial charge in [0.1, 0.15) is 0 Å². The lowest BCUT2D eigenvalue weighted by molar-refractivity contribution is -0.147. The van der Waals surface area contributed by atoms with Crippen LogP contribution in [0.15, 0.2) is 42.5 Å². The Morgan fingerprint density at radius 3 is 2.36 bits per heavy atom. The molecule has 0 amide bonds. The van der Waals surface area contributed by atoms with E-state index >= 15 is 0 Å². The molecule has 1 atom stereocenters. The first kappa shape index (κ1) is 14.2. The number of ketones is 1. The maximum Gasteiger partial charge on any atom is 0.511 e. The van der Waals surface area contributed by atoms with Crippen LogP contribution in [-0.4, -0.2) is 23.5 Å². The van der Waals surface area contributed by atoms with E-state index in [0.717, 1.165) is 0 Å². The molecule has 1 aliphatic rings. The maximum atomic E-state index is 12.4. The second-order valence-electron chi connectivity index (χ2n) is 4.38. The Bertz CT molecular complexity index is 743. The van der Waals surface area contributed by atoms with Crippen LogP contribution in [0, 0.1) is 0 Å². The third-order valence-electron chi connectivity index (χ3n) is 2.96. The zero-order chi connectivity index (χ0) is 15.7. The summed E-state index contributed by atoms with van der Waals surface area (Å²) in [6.45, 7) is -1.41. The fraction of sp³-hybridized carbons (Fsp3) is 0.0667. The van der Waals surface area contributed by atoms with Crippen LogP contribution in [0.3, 0.4) is 0 Å². The predicted octanol–water partition coefficient (Wildman–Crippen LogP) is 3.32. The topological polar surface area (TPSA) is 82.1 Å². The van der Waals surface area contributed by atoms with Crippen LogP contribution in [0.5, 0.6) is 11.5 Å². The van der Waals surface area contributed by atoms with Gasteiger partial charge in [-0.25, -0.2) is 4.79 Å². The number of hydrogen-bond acceptors (Lipinski definition) is 5. The van der Waals surface area contributed by atoms with Crippen LogP contribution in [0.4, 0.5) is 4.79 Å². The van der Waals surface area contributed by atoms with Crippen LogP contribution in [0.25, 0.3) is 0 Å². The van der Waals surface area contributed by atoms with Gasteiger partial charge in [-0.3, -0.25) is 4.79 Å². The summed E-state index contributed by atoms with van der Waals surface area (Å²) in [5, 5.41) is 8.71. The van der Waals surface area contributed by atoms with Crippen LogP contribution < -0.4 is 9.47 Å². The summed E-state index contributed by atoms with van der Waals surface area (Å²) in [6, 6.07) is 11.4. The Hall–Kier alpha value is -2.73. The number of carboxylic acid groups (broad SMARTS) is 1. The molecule has 1 aliphatic heterocycles. The van der Waals surface area contributed by atoms with E-state index in [9.17, 15) is 9.59 Å². The molecule has 2 aromatic carbocycles. The number of rotatable bonds is 3. The summed E-state index contributed by atoms with van der Waals surface area (Å²) in [4.78, 5) is 22.9. The van der Waals surface area contributed by atoms with Crippen LogP contribution >= 0.6 is 11.6 Å². The molecule has 0 radical (unpaired) electrons. The van der Waals surface area contributed by atoms with Crippen molar-refractivity contribution in [2.45, 2.75) is 6.48 Å². The molecule has 7 heteroatoms. The molecular formula is C15H9ClO6. The molecule has 0 aliphatic carbocycles. The van der Waals surface area contributed by atoms with Gasteiger partial charge in [0.2, 0.25) is 0 Å². The third-order valence-corrected chi connectivity index (χ3v) is 3.27. The van der Waals surface area contributed by atoms with Gasteiger partial charge >= 0.3 is 12.6 Å². The van der Waals surface area contributed by atoms with Gasteiger partial charge in [-0.2, -0.15) is 0 Å². The van der Waals surface area contributed by atoms with Crippen molar-refractivity contribution < 1.29 is 28.9 Å². The highest BCUT2D eigenvalue weighted by Gasteiger charge is 2.30. The van der Waals surface area contributed by atoms with E-state index < -0.39 is 12.6 Å². The van der Waals surface area contributed by atoms with Gasteiger partial charge in [-0.05, 0) is 6.07 Å². The van der Waals surface area contributed by atoms with Crippen molar-refractivity contribution >= 4 is 23.5 Å². The van der Waals surface area contributed by atoms with Crippen molar-refractivity contribution in [1.82, 2.24) is 0 Å². The Kier molecular flexibility index (Phi) is 3.60. The molecule has 22 heavy (non-hydrogen) atoms. The highest BCUT2D eigenvalue weighted by molar-refractivity contribution is 6.35. The molecule has 1 unspecified atom stereocenters. The Labute approximate surface area is 129 Å². The summed E-state index contributed by atoms with van der Waals surface area (Å²) in [5.74, 6) is 0.121. The molecule has 0 spiro atoms. The van der Waals surface area contributed by atoms with Crippen LogP contribution in [0.2, 0.25) is 5.02 Å². The summed E-state index contributed by atoms with van der Waals surface area (Å²) < 4.78 is 14.6. The molecule has 1 heterocycles. The number of hydrogen-bond donors (Lipinski definition) is 1. The minimum Gasteiger partial charge on any atom is -0.450 e. The minimum absolute atomic E-state index is 0.173. The van der Waals surface area contributed by atoms with E-state index in [1.165, 1.54) is 12.1 Å². The number of ether oxygens (including phenoxy) is 3. The molecule has 0 bridgehead atoms. The summed E-state index contributed by atoms with van der Waals surface area (Å²) >= 11 is 6.09. The Balaban J connectivity index is 1.90. The predicted molar refractivity (Wildman–Crippen MR) is 75.5 cm³/mol. The lowest BCUT2D eigenvalue weighted by Crippen LogP contribution is -2.24. The summed E-state index contributed by atoms with van der Waals surface area (Å²) in [5.41, 5.74) is 0.702. The van der Waals surface area contributed by atoms with E-state index in [0.29, 0.717) is 5.56 Å². The first-order valence-electron chi connectivity index (χ1n) is 6.21. The van der Waals surface area contributed by atoms with Crippen molar-refractivity contribution in [2.24, 2.45) is 0 Å². The van der Waals surface area contributed by atoms with Gasteiger partial charge in [0, 0.05) is 17.2 Å². The van der Waals surface area contributed by atoms with E-state index in [4.69, 9.17) is 26.2 Å². The number of fused-ring (bicyclic) bond motifs is 1. The van der Waals surface area contributed by atoms with Crippen LogP contribution in [-0.2, 0) is 4.74 Å². The molecule has 1 N–H and O–H groups in total. The Morgan fingerprint density at radius 1 is 1.09 bits per heavy atom. The third kappa shape index (κ3) is 2.68. The lowest BCUT2D eigenvalue weighted by Gasteiger charge is -2.06. The number of carbonyl (C=O) groups is 2. The summed E-state index contributed by atoms with van der Waals surface area (Å²) in [6.07, 6.45) is -1.54. The average Bonchev–Trinajstić information content (AvgIpc) is 2.86. The Morgan fingerprint density at radius 2 is 1.73 bits per heavy atom. The highest BCUT2D eigenvalue weighted by Crippen LogP contribution is 2.39. The maximum absolute atomic E-state index is 12.4. The second kappa shape index (κ2) is 5.57. The van der Waals surface area contributed by atoms with Gasteiger partial charge in [0.05, 0.1) is 5.02 Å². The number of carbonyl (C=O) groups excluding carboxylic acids is 1. The second-order valence-corrected chi connectivity index (χ2v) is 4.79. The zero-order valence-corrected chi connectivity index (χ0v) is 11.7. The average molecular weight is 321 g/mol. The number of benzene rings is 2. The normalized spacial score (nSPS) is 15.4. The smallest absolute Gasteiger partial charge is 0.450 e. The van der Waals surface area contributed by atoms with Gasteiger partial charge in [0.25, 0.3) is 0 Å². The standard InChI is InChI=1S/C15H9ClO6/c16-10-7-12-11(20-15(21-12)22-14(18)19)6-9(10)13(17)8-4-2-1-3-5-8/h1-7,15H,(H,18,19). The number of halogens is 1. The van der Waals surface area contributed by atoms with Gasteiger partial charge in [-0.15, -0.1) is 0 Å². The fourth-order valence-corrected chi connectivity index (χ4v) is 2.24. The van der Waals surface area contributed by atoms with Gasteiger partial charge in [0.15, 0.2) is 17.3 Å². The zero-order valence-electron chi connectivity index (χ0n) is 11.0. The van der Waals surface area contributed by atoms with Gasteiger partial charge in [-0.1, -0.05) is 41.9 Å². The molecule has 0 saturated heterocycles. The largest absolute Gasteiger partial charge is 0.511 e. The van der Waals surface area contributed by atoms with E-state index in [1.807, 2.05) is 0 Å². The lowest BCUT2D eigenvalue weighted by atomic mass is 10.0. The monoisotopic (exact) mass is 320 g/mol. The summed E-state index contributed by atoms with van der Waals surface area (Å²) in [7, 11) is 0.